The Balaban J connectivity index is 2.56. The van der Waals surface area contributed by atoms with Crippen molar-refractivity contribution in [1.82, 2.24) is 0 Å². The van der Waals surface area contributed by atoms with Gasteiger partial charge in [-0.3, -0.25) is 4.79 Å². The predicted octanol–water partition coefficient (Wildman–Crippen LogP) is 1.52. The highest BCUT2D eigenvalue weighted by Gasteiger charge is 2.14. The van der Waals surface area contributed by atoms with Gasteiger partial charge in [0.15, 0.2) is 0 Å². The maximum atomic E-state index is 11.5. The minimum atomic E-state index is -1.03. The average Bonchev–Trinajstić information content (AvgIpc) is 2.28. The Labute approximate surface area is 95.9 Å². The molecule has 5 nitrogen and oxygen atoms in total. The Morgan fingerprint density at radius 3 is 2.71 bits per heavy atom. The number of benzene rings is 1. The van der Waals surface area contributed by atoms with E-state index in [0.29, 0.717) is 5.39 Å². The van der Waals surface area contributed by atoms with Crippen molar-refractivity contribution >= 4 is 16.9 Å². The monoisotopic (exact) mass is 234 g/mol. The van der Waals surface area contributed by atoms with Crippen molar-refractivity contribution < 1.29 is 19.4 Å². The van der Waals surface area contributed by atoms with Gasteiger partial charge in [-0.25, -0.2) is 4.79 Å². The third-order valence-corrected chi connectivity index (χ3v) is 2.47. The molecule has 2 N–H and O–H groups in total. The molecule has 1 aromatic heterocycles. The average molecular weight is 234 g/mol. The van der Waals surface area contributed by atoms with Gasteiger partial charge in [-0.05, 0) is 18.6 Å². The summed E-state index contributed by atoms with van der Waals surface area (Å²) in [5.41, 5.74) is -0.400. The van der Waals surface area contributed by atoms with E-state index >= 15 is 0 Å². The molecule has 2 aromatic rings. The standard InChI is InChI=1S/C12H10O5/c13-10(14)6-5-8-11(15)7-3-1-2-4-9(7)17-12(8)16/h1-4,15H,5-6H2,(H,13,14). The Bertz CT molecular complexity index is 626. The summed E-state index contributed by atoms with van der Waals surface area (Å²) < 4.78 is 5.00. The van der Waals surface area contributed by atoms with Crippen LogP contribution in [-0.4, -0.2) is 16.2 Å². The quantitative estimate of drug-likeness (QED) is 0.786. The van der Waals surface area contributed by atoms with E-state index in [-0.39, 0.29) is 29.7 Å². The van der Waals surface area contributed by atoms with Crippen molar-refractivity contribution in [2.45, 2.75) is 12.8 Å². The van der Waals surface area contributed by atoms with E-state index < -0.39 is 11.6 Å². The highest BCUT2D eigenvalue weighted by atomic mass is 16.4. The minimum Gasteiger partial charge on any atom is -0.507 e. The third-order valence-electron chi connectivity index (χ3n) is 2.47. The van der Waals surface area contributed by atoms with E-state index in [1.165, 1.54) is 0 Å². The molecule has 0 aliphatic carbocycles. The molecule has 5 heteroatoms. The molecule has 0 saturated carbocycles. The van der Waals surface area contributed by atoms with Crippen molar-refractivity contribution in [1.29, 1.82) is 0 Å². The summed E-state index contributed by atoms with van der Waals surface area (Å²) in [5, 5.41) is 18.9. The van der Waals surface area contributed by atoms with Gasteiger partial charge in [0.1, 0.15) is 11.3 Å². The predicted molar refractivity (Wildman–Crippen MR) is 60.1 cm³/mol. The fraction of sp³-hybridized carbons (Fsp3) is 0.167. The fourth-order valence-electron chi connectivity index (χ4n) is 1.62. The molecule has 88 valence electrons. The number of carboxylic acids is 1. The Morgan fingerprint density at radius 1 is 1.29 bits per heavy atom. The first-order valence-electron chi connectivity index (χ1n) is 5.05. The van der Waals surface area contributed by atoms with E-state index in [1.54, 1.807) is 24.3 Å². The Morgan fingerprint density at radius 2 is 2.00 bits per heavy atom. The summed E-state index contributed by atoms with van der Waals surface area (Å²) >= 11 is 0. The van der Waals surface area contributed by atoms with Crippen LogP contribution >= 0.6 is 0 Å². The number of carboxylic acid groups (broad SMARTS) is 1. The summed E-state index contributed by atoms with van der Waals surface area (Å²) in [6.45, 7) is 0. The van der Waals surface area contributed by atoms with Crippen LogP contribution in [0.25, 0.3) is 11.0 Å². The maximum Gasteiger partial charge on any atom is 0.343 e. The van der Waals surface area contributed by atoms with Crippen molar-refractivity contribution in [2.75, 3.05) is 0 Å². The molecule has 0 bridgehead atoms. The van der Waals surface area contributed by atoms with Gasteiger partial charge in [0.2, 0.25) is 0 Å². The SMILES string of the molecule is O=C(O)CCc1c(O)c2ccccc2oc1=O. The highest BCUT2D eigenvalue weighted by Crippen LogP contribution is 2.26. The van der Waals surface area contributed by atoms with Crippen molar-refractivity contribution in [3.8, 4) is 5.75 Å². The number of rotatable bonds is 3. The largest absolute Gasteiger partial charge is 0.507 e. The van der Waals surface area contributed by atoms with Gasteiger partial charge < -0.3 is 14.6 Å². The molecule has 0 spiro atoms. The minimum absolute atomic E-state index is 0.00565. The van der Waals surface area contributed by atoms with Gasteiger partial charge in [-0.1, -0.05) is 12.1 Å². The Hall–Kier alpha value is -2.30. The van der Waals surface area contributed by atoms with Crippen LogP contribution in [0.4, 0.5) is 0 Å². The second-order valence-electron chi connectivity index (χ2n) is 3.61. The lowest BCUT2D eigenvalue weighted by Gasteiger charge is -2.04. The van der Waals surface area contributed by atoms with Gasteiger partial charge in [-0.2, -0.15) is 0 Å². The van der Waals surface area contributed by atoms with Crippen LogP contribution in [0, 0.1) is 0 Å². The van der Waals surface area contributed by atoms with E-state index in [4.69, 9.17) is 9.52 Å². The summed E-state index contributed by atoms with van der Waals surface area (Å²) in [5.74, 6) is -1.23. The lowest BCUT2D eigenvalue weighted by molar-refractivity contribution is -0.136. The zero-order valence-corrected chi connectivity index (χ0v) is 8.84. The smallest absolute Gasteiger partial charge is 0.343 e. The van der Waals surface area contributed by atoms with Gasteiger partial charge in [0, 0.05) is 6.42 Å². The summed E-state index contributed by atoms with van der Waals surface area (Å²) in [4.78, 5) is 22.0. The number of hydrogen-bond donors (Lipinski definition) is 2. The maximum absolute atomic E-state index is 11.5. The molecule has 0 aliphatic rings. The highest BCUT2D eigenvalue weighted by molar-refractivity contribution is 5.84. The van der Waals surface area contributed by atoms with Crippen LogP contribution in [0.3, 0.4) is 0 Å². The molecule has 0 aliphatic heterocycles. The molecule has 17 heavy (non-hydrogen) atoms. The van der Waals surface area contributed by atoms with Crippen LogP contribution in [0.2, 0.25) is 0 Å². The molecule has 0 saturated heterocycles. The first kappa shape index (κ1) is 11.2. The first-order valence-corrected chi connectivity index (χ1v) is 5.05. The van der Waals surface area contributed by atoms with Crippen LogP contribution < -0.4 is 5.63 Å². The molecule has 0 radical (unpaired) electrons. The van der Waals surface area contributed by atoms with Crippen molar-refractivity contribution in [3.05, 3.63) is 40.2 Å². The van der Waals surface area contributed by atoms with E-state index in [9.17, 15) is 14.7 Å². The van der Waals surface area contributed by atoms with Crippen LogP contribution in [0.5, 0.6) is 5.75 Å². The summed E-state index contributed by atoms with van der Waals surface area (Å²) in [6.07, 6.45) is -0.273. The van der Waals surface area contributed by atoms with Crippen molar-refractivity contribution in [2.24, 2.45) is 0 Å². The lowest BCUT2D eigenvalue weighted by Crippen LogP contribution is -2.10. The number of aliphatic carboxylic acids is 1. The van der Waals surface area contributed by atoms with Gasteiger partial charge in [-0.15, -0.1) is 0 Å². The lowest BCUT2D eigenvalue weighted by atomic mass is 10.1. The number of fused-ring (bicyclic) bond motifs is 1. The molecule has 0 fully saturated rings. The number of para-hydroxylation sites is 1. The number of hydrogen-bond acceptors (Lipinski definition) is 4. The Kier molecular flexibility index (Phi) is 2.82. The number of aromatic hydroxyl groups is 1. The van der Waals surface area contributed by atoms with Gasteiger partial charge in [0.05, 0.1) is 10.9 Å². The normalized spacial score (nSPS) is 10.6. The topological polar surface area (TPSA) is 87.7 Å². The van der Waals surface area contributed by atoms with E-state index in [1.807, 2.05) is 0 Å². The molecular weight excluding hydrogens is 224 g/mol. The second kappa shape index (κ2) is 4.29. The molecule has 0 unspecified atom stereocenters. The second-order valence-corrected chi connectivity index (χ2v) is 3.61. The summed E-state index contributed by atoms with van der Waals surface area (Å²) in [7, 11) is 0. The zero-order valence-electron chi connectivity index (χ0n) is 8.84. The van der Waals surface area contributed by atoms with Gasteiger partial charge in [0.25, 0.3) is 0 Å². The van der Waals surface area contributed by atoms with Gasteiger partial charge >= 0.3 is 11.6 Å². The third kappa shape index (κ3) is 2.13. The molecule has 0 atom stereocenters. The molecular formula is C12H10O5. The molecule has 1 heterocycles. The number of carbonyl (C=O) groups is 1. The van der Waals surface area contributed by atoms with E-state index in [2.05, 4.69) is 0 Å². The van der Waals surface area contributed by atoms with E-state index in [0.717, 1.165) is 0 Å². The zero-order chi connectivity index (χ0) is 12.4. The summed E-state index contributed by atoms with van der Waals surface area (Å²) in [6, 6.07) is 6.56. The van der Waals surface area contributed by atoms with Crippen LogP contribution in [-0.2, 0) is 11.2 Å². The van der Waals surface area contributed by atoms with Crippen LogP contribution in [0.15, 0.2) is 33.5 Å². The fourth-order valence-corrected chi connectivity index (χ4v) is 1.62. The molecule has 2 rings (SSSR count). The molecule has 1 aromatic carbocycles. The van der Waals surface area contributed by atoms with Crippen molar-refractivity contribution in [3.63, 3.8) is 0 Å². The van der Waals surface area contributed by atoms with Crippen LogP contribution in [0.1, 0.15) is 12.0 Å². The first-order chi connectivity index (χ1) is 8.09. The molecule has 0 amide bonds.